The second kappa shape index (κ2) is 7.16. The minimum absolute atomic E-state index is 0.0639. The zero-order valence-corrected chi connectivity index (χ0v) is 15.6. The van der Waals surface area contributed by atoms with Crippen LogP contribution < -0.4 is 10.9 Å². The Balaban J connectivity index is 2.00. The van der Waals surface area contributed by atoms with Gasteiger partial charge in [0.05, 0.1) is 18.2 Å². The Hall–Kier alpha value is -4.07. The van der Waals surface area contributed by atoms with Gasteiger partial charge in [-0.05, 0) is 24.3 Å². The van der Waals surface area contributed by atoms with Gasteiger partial charge in [-0.2, -0.15) is 0 Å². The van der Waals surface area contributed by atoms with Gasteiger partial charge in [-0.1, -0.05) is 24.3 Å². The van der Waals surface area contributed by atoms with E-state index in [1.54, 1.807) is 48.5 Å². The summed E-state index contributed by atoms with van der Waals surface area (Å²) in [5.41, 5.74) is 1.08. The van der Waals surface area contributed by atoms with Crippen LogP contribution in [-0.4, -0.2) is 29.0 Å². The van der Waals surface area contributed by atoms with E-state index >= 15 is 0 Å². The molecular formula is C21H15N3O5. The van der Waals surface area contributed by atoms with E-state index in [1.165, 1.54) is 14.0 Å². The first kappa shape index (κ1) is 18.3. The van der Waals surface area contributed by atoms with Crippen molar-refractivity contribution < 1.29 is 18.7 Å². The number of hydrogen-bond donors (Lipinski definition) is 1. The van der Waals surface area contributed by atoms with Crippen LogP contribution in [0.2, 0.25) is 0 Å². The predicted octanol–water partition coefficient (Wildman–Crippen LogP) is 3.15. The minimum atomic E-state index is -0.643. The number of hydrogen-bond acceptors (Lipinski definition) is 7. The highest BCUT2D eigenvalue weighted by Gasteiger charge is 2.18. The summed E-state index contributed by atoms with van der Waals surface area (Å²) in [6.07, 6.45) is 0. The molecule has 4 aromatic rings. The molecular weight excluding hydrogens is 374 g/mol. The normalized spacial score (nSPS) is 10.8. The van der Waals surface area contributed by atoms with Crippen molar-refractivity contribution in [1.29, 1.82) is 0 Å². The maximum atomic E-state index is 12.5. The molecule has 1 amide bonds. The van der Waals surface area contributed by atoms with Crippen molar-refractivity contribution in [3.05, 3.63) is 64.5 Å². The first-order chi connectivity index (χ1) is 14.0. The largest absolute Gasteiger partial charge is 0.465 e. The lowest BCUT2D eigenvalue weighted by atomic mass is 10.1. The lowest BCUT2D eigenvalue weighted by Gasteiger charge is -2.10. The number of methoxy groups -OCH3 is 1. The fraction of sp³-hybridized carbons (Fsp3) is 0.0952. The molecule has 0 unspecified atom stereocenters. The standard InChI is InChI=1S/C21H15N3O5/c1-11(25)22-19-16-17(14-5-3-4-6-15(14)29-21(16)27)23-18(24-19)12-7-9-13(10-8-12)20(26)28-2/h3-10H,1-2H3,(H,22,23,24,25). The molecule has 1 N–H and O–H groups in total. The van der Waals surface area contributed by atoms with Gasteiger partial charge in [0.15, 0.2) is 11.6 Å². The van der Waals surface area contributed by atoms with Gasteiger partial charge in [-0.15, -0.1) is 0 Å². The van der Waals surface area contributed by atoms with Crippen LogP contribution in [0.5, 0.6) is 0 Å². The summed E-state index contributed by atoms with van der Waals surface area (Å²) >= 11 is 0. The molecule has 0 aliphatic heterocycles. The Bertz CT molecular complexity index is 1330. The first-order valence-corrected chi connectivity index (χ1v) is 8.68. The van der Waals surface area contributed by atoms with E-state index in [4.69, 9.17) is 9.15 Å². The van der Waals surface area contributed by atoms with Gasteiger partial charge >= 0.3 is 11.6 Å². The molecule has 0 aliphatic carbocycles. The highest BCUT2D eigenvalue weighted by atomic mass is 16.5. The summed E-state index contributed by atoms with van der Waals surface area (Å²) < 4.78 is 10.1. The SMILES string of the molecule is COC(=O)c1ccc(-c2nc(NC(C)=O)c3c(=O)oc4ccccc4c3n2)cc1. The average Bonchev–Trinajstić information content (AvgIpc) is 2.72. The molecule has 0 saturated heterocycles. The number of rotatable bonds is 3. The maximum absolute atomic E-state index is 12.5. The molecule has 0 bridgehead atoms. The van der Waals surface area contributed by atoms with E-state index < -0.39 is 11.6 Å². The lowest BCUT2D eigenvalue weighted by Crippen LogP contribution is -2.13. The van der Waals surface area contributed by atoms with E-state index in [0.717, 1.165) is 0 Å². The molecule has 4 rings (SSSR count). The number of carbonyl (C=O) groups is 2. The van der Waals surface area contributed by atoms with Crippen molar-refractivity contribution in [2.75, 3.05) is 12.4 Å². The van der Waals surface area contributed by atoms with Gasteiger partial charge in [0.25, 0.3) is 0 Å². The third-order valence-corrected chi connectivity index (χ3v) is 4.32. The molecule has 0 atom stereocenters. The van der Waals surface area contributed by atoms with Crippen molar-refractivity contribution in [2.24, 2.45) is 0 Å². The number of carbonyl (C=O) groups excluding carboxylic acids is 2. The van der Waals surface area contributed by atoms with Crippen molar-refractivity contribution >= 4 is 39.6 Å². The number of aromatic nitrogens is 2. The summed E-state index contributed by atoms with van der Waals surface area (Å²) in [7, 11) is 1.30. The molecule has 0 radical (unpaired) electrons. The number of benzene rings is 2. The monoisotopic (exact) mass is 389 g/mol. The van der Waals surface area contributed by atoms with Gasteiger partial charge in [0.2, 0.25) is 5.91 Å². The van der Waals surface area contributed by atoms with Crippen LogP contribution in [0.4, 0.5) is 5.82 Å². The second-order valence-corrected chi connectivity index (χ2v) is 6.26. The first-order valence-electron chi connectivity index (χ1n) is 8.68. The number of anilines is 1. The highest BCUT2D eigenvalue weighted by molar-refractivity contribution is 6.08. The van der Waals surface area contributed by atoms with E-state index in [2.05, 4.69) is 15.3 Å². The van der Waals surface area contributed by atoms with E-state index in [0.29, 0.717) is 27.6 Å². The fourth-order valence-corrected chi connectivity index (χ4v) is 3.01. The molecule has 0 spiro atoms. The number of ether oxygens (including phenoxy) is 1. The van der Waals surface area contributed by atoms with Crippen LogP contribution in [-0.2, 0) is 9.53 Å². The highest BCUT2D eigenvalue weighted by Crippen LogP contribution is 2.28. The van der Waals surface area contributed by atoms with Crippen LogP contribution in [0.25, 0.3) is 33.3 Å². The zero-order chi connectivity index (χ0) is 20.5. The van der Waals surface area contributed by atoms with Crippen molar-refractivity contribution in [3.63, 3.8) is 0 Å². The smallest absolute Gasteiger partial charge is 0.349 e. The molecule has 8 heteroatoms. The molecule has 0 saturated carbocycles. The third kappa shape index (κ3) is 3.31. The third-order valence-electron chi connectivity index (χ3n) is 4.32. The average molecular weight is 389 g/mol. The summed E-state index contributed by atoms with van der Waals surface area (Å²) in [4.78, 5) is 44.8. The molecule has 2 aromatic heterocycles. The van der Waals surface area contributed by atoms with Crippen LogP contribution in [0.15, 0.2) is 57.7 Å². The van der Waals surface area contributed by atoms with Crippen molar-refractivity contribution in [2.45, 2.75) is 6.92 Å². The number of nitrogens with one attached hydrogen (secondary N) is 1. The van der Waals surface area contributed by atoms with Gasteiger partial charge in [0, 0.05) is 17.9 Å². The second-order valence-electron chi connectivity index (χ2n) is 6.26. The number of esters is 1. The van der Waals surface area contributed by atoms with Crippen LogP contribution in [0, 0.1) is 0 Å². The van der Waals surface area contributed by atoms with Gasteiger partial charge in [-0.3, -0.25) is 4.79 Å². The molecule has 144 valence electrons. The topological polar surface area (TPSA) is 111 Å². The summed E-state index contributed by atoms with van der Waals surface area (Å²) in [6, 6.07) is 13.5. The fourth-order valence-electron chi connectivity index (χ4n) is 3.01. The molecule has 2 aromatic carbocycles. The van der Waals surface area contributed by atoms with Gasteiger partial charge in [0.1, 0.15) is 11.0 Å². The van der Waals surface area contributed by atoms with E-state index in [9.17, 15) is 14.4 Å². The quantitative estimate of drug-likeness (QED) is 0.325. The predicted molar refractivity (Wildman–Crippen MR) is 107 cm³/mol. The van der Waals surface area contributed by atoms with E-state index in [1.807, 2.05) is 0 Å². The maximum Gasteiger partial charge on any atom is 0.349 e. The summed E-state index contributed by atoms with van der Waals surface area (Å²) in [5, 5.41) is 3.28. The Morgan fingerprint density at radius 1 is 1.03 bits per heavy atom. The summed E-state index contributed by atoms with van der Waals surface area (Å²) in [5.74, 6) is -0.495. The van der Waals surface area contributed by atoms with Gasteiger partial charge in [-0.25, -0.2) is 19.6 Å². The Kier molecular flexibility index (Phi) is 4.52. The number of para-hydroxylation sites is 1. The Morgan fingerprint density at radius 3 is 2.45 bits per heavy atom. The number of nitrogens with zero attached hydrogens (tertiary/aromatic N) is 2. The van der Waals surface area contributed by atoms with Crippen LogP contribution >= 0.6 is 0 Å². The molecule has 8 nitrogen and oxygen atoms in total. The Labute approximate surface area is 164 Å². The molecule has 29 heavy (non-hydrogen) atoms. The van der Waals surface area contributed by atoms with Crippen molar-refractivity contribution in [1.82, 2.24) is 9.97 Å². The van der Waals surface area contributed by atoms with Crippen LogP contribution in [0.3, 0.4) is 0 Å². The number of amides is 1. The molecule has 0 aliphatic rings. The number of fused-ring (bicyclic) bond motifs is 3. The van der Waals surface area contributed by atoms with Crippen LogP contribution in [0.1, 0.15) is 17.3 Å². The minimum Gasteiger partial charge on any atom is -0.465 e. The molecule has 0 fully saturated rings. The molecule has 2 heterocycles. The van der Waals surface area contributed by atoms with E-state index in [-0.39, 0.29) is 22.9 Å². The van der Waals surface area contributed by atoms with Crippen molar-refractivity contribution in [3.8, 4) is 11.4 Å². The zero-order valence-electron chi connectivity index (χ0n) is 15.6. The lowest BCUT2D eigenvalue weighted by molar-refractivity contribution is -0.114. The summed E-state index contributed by atoms with van der Waals surface area (Å²) in [6.45, 7) is 1.32. The Morgan fingerprint density at radius 2 is 1.76 bits per heavy atom. The van der Waals surface area contributed by atoms with Gasteiger partial charge < -0.3 is 14.5 Å².